The number of fused-ring (bicyclic) bond motifs is 1. The van der Waals surface area contributed by atoms with E-state index in [1.54, 1.807) is 7.11 Å². The van der Waals surface area contributed by atoms with Gasteiger partial charge in [0.15, 0.2) is 11.5 Å². The lowest BCUT2D eigenvalue weighted by Gasteiger charge is -2.36. The maximum absolute atomic E-state index is 5.46. The van der Waals surface area contributed by atoms with Crippen LogP contribution in [0.2, 0.25) is 0 Å². The summed E-state index contributed by atoms with van der Waals surface area (Å²) < 4.78 is 9.67. The fraction of sp³-hybridized carbons (Fsp3) is 0.159. The first-order valence-electron chi connectivity index (χ1n) is 17.7. The molecule has 0 fully saturated rings. The van der Waals surface area contributed by atoms with Gasteiger partial charge in [-0.05, 0) is 56.3 Å². The summed E-state index contributed by atoms with van der Waals surface area (Å²) in [4.78, 5) is 9.72. The van der Waals surface area contributed by atoms with E-state index in [9.17, 15) is 0 Å². The highest BCUT2D eigenvalue weighted by Gasteiger charge is 2.42. The minimum Gasteiger partial charge on any atom is -0.481 e. The molecule has 0 aliphatic rings. The lowest BCUT2D eigenvalue weighted by molar-refractivity contribution is 0.399. The number of hydrogen-bond acceptors (Lipinski definition) is 6. The van der Waals surface area contributed by atoms with Gasteiger partial charge in [0, 0.05) is 18.1 Å². The maximum Gasteiger partial charge on any atom is 0.215 e. The molecule has 3 heterocycles. The summed E-state index contributed by atoms with van der Waals surface area (Å²) >= 11 is 0. The van der Waals surface area contributed by atoms with Gasteiger partial charge in [-0.2, -0.15) is 4.98 Å². The fourth-order valence-electron chi connectivity index (χ4n) is 7.22. The van der Waals surface area contributed by atoms with Crippen molar-refractivity contribution in [3.8, 4) is 28.4 Å². The largest absolute Gasteiger partial charge is 0.481 e. The van der Waals surface area contributed by atoms with Crippen LogP contribution >= 0.6 is 0 Å². The van der Waals surface area contributed by atoms with E-state index >= 15 is 0 Å². The molecule has 256 valence electrons. The molecular weight excluding hydrogens is 643 g/mol. The Balaban J connectivity index is 1.22. The van der Waals surface area contributed by atoms with Crippen molar-refractivity contribution in [3.63, 3.8) is 0 Å². The molecular formula is C44H39N7O. The van der Waals surface area contributed by atoms with Crippen LogP contribution in [0.15, 0.2) is 152 Å². The number of rotatable bonds is 12. The zero-order valence-corrected chi connectivity index (χ0v) is 29.3. The second-order valence-electron chi connectivity index (χ2n) is 12.9. The molecule has 0 aliphatic heterocycles. The van der Waals surface area contributed by atoms with Gasteiger partial charge in [0.25, 0.3) is 0 Å². The van der Waals surface area contributed by atoms with Gasteiger partial charge in [-0.1, -0.05) is 153 Å². The number of imidazole rings is 1. The Kier molecular flexibility index (Phi) is 9.10. The molecule has 8 heteroatoms. The van der Waals surface area contributed by atoms with Crippen molar-refractivity contribution in [2.24, 2.45) is 0 Å². The van der Waals surface area contributed by atoms with Crippen LogP contribution in [0.5, 0.6) is 5.88 Å². The minimum absolute atomic E-state index is 0.584. The number of aryl methyl sites for hydroxylation is 1. The number of benzene rings is 5. The number of tetrazole rings is 1. The van der Waals surface area contributed by atoms with Gasteiger partial charge in [0.2, 0.25) is 5.88 Å². The predicted octanol–water partition coefficient (Wildman–Crippen LogP) is 8.99. The third kappa shape index (κ3) is 5.92. The highest BCUT2D eigenvalue weighted by molar-refractivity contribution is 5.81. The molecule has 8 rings (SSSR count). The van der Waals surface area contributed by atoms with Crippen LogP contribution in [0.4, 0.5) is 0 Å². The maximum atomic E-state index is 5.46. The average Bonchev–Trinajstić information content (AvgIpc) is 3.84. The van der Waals surface area contributed by atoms with Crippen molar-refractivity contribution >= 4 is 11.2 Å². The number of aromatic nitrogens is 7. The molecule has 0 N–H and O–H groups in total. The Morgan fingerprint density at radius 3 is 1.83 bits per heavy atom. The molecule has 0 bridgehead atoms. The number of unbranched alkanes of at least 4 members (excludes halogenated alkanes) is 1. The molecule has 52 heavy (non-hydrogen) atoms. The summed E-state index contributed by atoms with van der Waals surface area (Å²) in [5, 5.41) is 13.9. The average molecular weight is 682 g/mol. The van der Waals surface area contributed by atoms with Gasteiger partial charge in [-0.3, -0.25) is 0 Å². The van der Waals surface area contributed by atoms with E-state index in [4.69, 9.17) is 25.0 Å². The summed E-state index contributed by atoms with van der Waals surface area (Å²) in [5.74, 6) is 2.29. The number of pyridine rings is 1. The second-order valence-corrected chi connectivity index (χ2v) is 12.9. The minimum atomic E-state index is -0.848. The SMILES string of the molecule is CCCCc1nc2ccc(OC)nc2n1Cc1ccc(-c2ccccc2-c2nnnn2C(c2ccccc2)(c2ccccc2)c2ccccc2)cc1. The molecule has 0 aliphatic carbocycles. The van der Waals surface area contributed by atoms with E-state index in [0.717, 1.165) is 75.2 Å². The lowest BCUT2D eigenvalue weighted by atomic mass is 9.77. The third-order valence-corrected chi connectivity index (χ3v) is 9.74. The highest BCUT2D eigenvalue weighted by atomic mass is 16.5. The van der Waals surface area contributed by atoms with Gasteiger partial charge >= 0.3 is 0 Å². The Hall–Kier alpha value is -6.41. The van der Waals surface area contributed by atoms with Crippen molar-refractivity contribution in [2.75, 3.05) is 7.11 Å². The summed E-state index contributed by atoms with van der Waals surface area (Å²) in [6, 6.07) is 52.4. The predicted molar refractivity (Wildman–Crippen MR) is 205 cm³/mol. The molecule has 0 saturated heterocycles. The molecule has 0 amide bonds. The number of methoxy groups -OCH3 is 1. The second kappa shape index (κ2) is 14.4. The van der Waals surface area contributed by atoms with Gasteiger partial charge in [-0.15, -0.1) is 5.10 Å². The lowest BCUT2D eigenvalue weighted by Crippen LogP contribution is -2.39. The van der Waals surface area contributed by atoms with Crippen molar-refractivity contribution < 1.29 is 4.74 Å². The molecule has 5 aromatic carbocycles. The Bertz CT molecular complexity index is 2310. The fourth-order valence-corrected chi connectivity index (χ4v) is 7.22. The van der Waals surface area contributed by atoms with E-state index in [0.29, 0.717) is 18.2 Å². The van der Waals surface area contributed by atoms with Crippen LogP contribution in [0.25, 0.3) is 33.7 Å². The molecule has 0 unspecified atom stereocenters. The first kappa shape index (κ1) is 32.8. The first-order chi connectivity index (χ1) is 25.7. The summed E-state index contributed by atoms with van der Waals surface area (Å²) in [7, 11) is 1.65. The van der Waals surface area contributed by atoms with Crippen LogP contribution in [-0.4, -0.2) is 41.9 Å². The van der Waals surface area contributed by atoms with E-state index in [1.165, 1.54) is 0 Å². The monoisotopic (exact) mass is 681 g/mol. The van der Waals surface area contributed by atoms with E-state index in [2.05, 4.69) is 132 Å². The van der Waals surface area contributed by atoms with Crippen molar-refractivity contribution in [1.29, 1.82) is 0 Å². The van der Waals surface area contributed by atoms with Crippen molar-refractivity contribution in [1.82, 2.24) is 34.7 Å². The Morgan fingerprint density at radius 1 is 0.635 bits per heavy atom. The normalized spacial score (nSPS) is 11.6. The van der Waals surface area contributed by atoms with Crippen molar-refractivity contribution in [2.45, 2.75) is 38.3 Å². The number of nitrogens with zero attached hydrogens (tertiary/aromatic N) is 7. The van der Waals surface area contributed by atoms with Crippen LogP contribution in [0.3, 0.4) is 0 Å². The summed E-state index contributed by atoms with van der Waals surface area (Å²) in [6.07, 6.45) is 3.06. The van der Waals surface area contributed by atoms with Crippen LogP contribution in [0, 0.1) is 0 Å². The zero-order valence-electron chi connectivity index (χ0n) is 29.3. The summed E-state index contributed by atoms with van der Waals surface area (Å²) in [5.41, 5.74) is 8.24. The van der Waals surface area contributed by atoms with Gasteiger partial charge in [0.05, 0.1) is 13.7 Å². The smallest absolute Gasteiger partial charge is 0.215 e. The topological polar surface area (TPSA) is 83.5 Å². The van der Waals surface area contributed by atoms with E-state index < -0.39 is 5.54 Å². The quantitative estimate of drug-likeness (QED) is 0.120. The number of ether oxygens (including phenoxy) is 1. The molecule has 3 aromatic heterocycles. The number of hydrogen-bond donors (Lipinski definition) is 0. The molecule has 8 aromatic rings. The van der Waals surface area contributed by atoms with Gasteiger partial charge < -0.3 is 9.30 Å². The molecule has 0 saturated carbocycles. The van der Waals surface area contributed by atoms with E-state index in [-0.39, 0.29) is 0 Å². The van der Waals surface area contributed by atoms with Crippen LogP contribution < -0.4 is 4.74 Å². The molecule has 0 radical (unpaired) electrons. The highest BCUT2D eigenvalue weighted by Crippen LogP contribution is 2.43. The van der Waals surface area contributed by atoms with Crippen molar-refractivity contribution in [3.05, 3.63) is 180 Å². The van der Waals surface area contributed by atoms with Crippen LogP contribution in [-0.2, 0) is 18.5 Å². The van der Waals surface area contributed by atoms with Crippen LogP contribution in [0.1, 0.15) is 47.8 Å². The van der Waals surface area contributed by atoms with Gasteiger partial charge in [0.1, 0.15) is 16.9 Å². The Morgan fingerprint density at radius 2 is 1.23 bits per heavy atom. The van der Waals surface area contributed by atoms with Gasteiger partial charge in [-0.25, -0.2) is 9.67 Å². The zero-order chi connectivity index (χ0) is 35.3. The summed E-state index contributed by atoms with van der Waals surface area (Å²) in [6.45, 7) is 2.86. The van der Waals surface area contributed by atoms with E-state index in [1.807, 2.05) is 41.1 Å². The molecule has 0 atom stereocenters. The first-order valence-corrected chi connectivity index (χ1v) is 17.7. The standard InChI is InChI=1S/C44H39N7O/c1-3-4-24-40-45-39-29-30-41(52-2)46-43(39)50(40)31-32-25-27-33(28-26-32)37-22-14-15-23-38(37)42-47-48-49-51(42)44(34-16-8-5-9-17-34,35-18-10-6-11-19-35)36-20-12-7-13-21-36/h5-23,25-30H,3-4,24,31H2,1-2H3. The third-order valence-electron chi connectivity index (χ3n) is 9.74. The molecule has 0 spiro atoms. The Labute approximate surface area is 303 Å². The molecule has 8 nitrogen and oxygen atoms in total.